The van der Waals surface area contributed by atoms with Crippen molar-refractivity contribution in [1.82, 2.24) is 5.32 Å². The molecule has 1 nitrogen and oxygen atoms in total. The summed E-state index contributed by atoms with van der Waals surface area (Å²) in [6, 6.07) is 3.19. The molecule has 118 valence electrons. The van der Waals surface area contributed by atoms with E-state index in [0.717, 1.165) is 31.7 Å². The molecule has 1 saturated carbocycles. The minimum Gasteiger partial charge on any atom is -0.313 e. The number of hydrogen-bond donors (Lipinski definition) is 1. The van der Waals surface area contributed by atoms with Gasteiger partial charge in [0.1, 0.15) is 5.82 Å². The first-order valence-electron chi connectivity index (χ1n) is 7.37. The molecule has 1 aromatic rings. The zero-order valence-corrected chi connectivity index (χ0v) is 12.3. The monoisotopic (exact) mass is 303 g/mol. The smallest absolute Gasteiger partial charge is 0.313 e. The van der Waals surface area contributed by atoms with E-state index in [4.69, 9.17) is 0 Å². The molecule has 1 aromatic carbocycles. The standard InChI is InChI=1S/C16H21F4N/c1-10-5-3-6-11(9-10)15(21-2)12-7-4-8-13(14(12)17)16(18,19)20/h4,7-8,10-11,15,21H,3,5-6,9H2,1-2H3. The van der Waals surface area contributed by atoms with Crippen LogP contribution in [0.5, 0.6) is 0 Å². The SMILES string of the molecule is CNC(c1cccc(C(F)(F)F)c1F)C1CCCC(C)C1. The van der Waals surface area contributed by atoms with E-state index < -0.39 is 17.6 Å². The van der Waals surface area contributed by atoms with E-state index >= 15 is 0 Å². The van der Waals surface area contributed by atoms with Crippen molar-refractivity contribution in [3.63, 3.8) is 0 Å². The Bertz CT molecular complexity index is 484. The highest BCUT2D eigenvalue weighted by Gasteiger charge is 2.37. The van der Waals surface area contributed by atoms with Crippen LogP contribution in [0.25, 0.3) is 0 Å². The number of rotatable bonds is 3. The van der Waals surface area contributed by atoms with Gasteiger partial charge in [0.25, 0.3) is 0 Å². The second kappa shape index (κ2) is 6.34. The van der Waals surface area contributed by atoms with E-state index in [9.17, 15) is 17.6 Å². The molecular formula is C16H21F4N. The molecule has 1 fully saturated rings. The van der Waals surface area contributed by atoms with Crippen LogP contribution >= 0.6 is 0 Å². The van der Waals surface area contributed by atoms with Gasteiger partial charge in [-0.1, -0.05) is 31.9 Å². The fraction of sp³-hybridized carbons (Fsp3) is 0.625. The predicted octanol–water partition coefficient (Wildman–Crippen LogP) is 4.93. The highest BCUT2D eigenvalue weighted by Crippen LogP contribution is 2.40. The van der Waals surface area contributed by atoms with Crippen LogP contribution in [0.15, 0.2) is 18.2 Å². The van der Waals surface area contributed by atoms with Gasteiger partial charge in [0, 0.05) is 11.6 Å². The maximum absolute atomic E-state index is 14.3. The normalized spacial score (nSPS) is 24.9. The third kappa shape index (κ3) is 3.57. The van der Waals surface area contributed by atoms with Crippen LogP contribution in [0.2, 0.25) is 0 Å². The van der Waals surface area contributed by atoms with Crippen LogP contribution in [0.3, 0.4) is 0 Å². The van der Waals surface area contributed by atoms with Crippen LogP contribution in [0.1, 0.15) is 49.8 Å². The molecule has 0 saturated heterocycles. The van der Waals surface area contributed by atoms with Crippen molar-refractivity contribution in [1.29, 1.82) is 0 Å². The molecule has 0 aliphatic heterocycles. The third-order valence-corrected chi connectivity index (χ3v) is 4.43. The molecule has 0 aromatic heterocycles. The van der Waals surface area contributed by atoms with Crippen molar-refractivity contribution in [2.45, 2.75) is 44.8 Å². The second-order valence-corrected chi connectivity index (χ2v) is 6.00. The van der Waals surface area contributed by atoms with Gasteiger partial charge in [-0.2, -0.15) is 13.2 Å². The summed E-state index contributed by atoms with van der Waals surface area (Å²) in [5.74, 6) is -0.423. The van der Waals surface area contributed by atoms with Crippen LogP contribution in [-0.2, 0) is 6.18 Å². The average Bonchev–Trinajstić information content (AvgIpc) is 2.40. The summed E-state index contributed by atoms with van der Waals surface area (Å²) >= 11 is 0. The highest BCUT2D eigenvalue weighted by atomic mass is 19.4. The molecule has 1 N–H and O–H groups in total. The number of benzene rings is 1. The van der Waals surface area contributed by atoms with E-state index in [1.807, 2.05) is 0 Å². The average molecular weight is 303 g/mol. The summed E-state index contributed by atoms with van der Waals surface area (Å²) in [7, 11) is 1.68. The summed E-state index contributed by atoms with van der Waals surface area (Å²) in [5, 5.41) is 3.02. The number of halogens is 4. The fourth-order valence-electron chi connectivity index (χ4n) is 3.44. The summed E-state index contributed by atoms with van der Waals surface area (Å²) in [6.45, 7) is 2.14. The van der Waals surface area contributed by atoms with E-state index in [0.29, 0.717) is 5.92 Å². The first-order valence-corrected chi connectivity index (χ1v) is 7.37. The van der Waals surface area contributed by atoms with Gasteiger partial charge >= 0.3 is 6.18 Å². The molecule has 1 aliphatic rings. The van der Waals surface area contributed by atoms with Crippen LogP contribution in [0.4, 0.5) is 17.6 Å². The lowest BCUT2D eigenvalue weighted by Gasteiger charge is -2.34. The lowest BCUT2D eigenvalue weighted by molar-refractivity contribution is -0.140. The van der Waals surface area contributed by atoms with Gasteiger partial charge < -0.3 is 5.32 Å². The van der Waals surface area contributed by atoms with Crippen LogP contribution < -0.4 is 5.32 Å². The van der Waals surface area contributed by atoms with Crippen molar-refractivity contribution in [3.8, 4) is 0 Å². The van der Waals surface area contributed by atoms with E-state index in [1.165, 1.54) is 12.1 Å². The largest absolute Gasteiger partial charge is 0.419 e. The molecule has 0 bridgehead atoms. The van der Waals surface area contributed by atoms with Crippen molar-refractivity contribution in [3.05, 3.63) is 35.1 Å². The zero-order chi connectivity index (χ0) is 15.6. The Morgan fingerprint density at radius 1 is 1.24 bits per heavy atom. The second-order valence-electron chi connectivity index (χ2n) is 6.00. The molecule has 3 atom stereocenters. The molecule has 0 radical (unpaired) electrons. The lowest BCUT2D eigenvalue weighted by Crippen LogP contribution is -2.30. The summed E-state index contributed by atoms with van der Waals surface area (Å²) in [4.78, 5) is 0. The fourth-order valence-corrected chi connectivity index (χ4v) is 3.44. The Balaban J connectivity index is 2.34. The lowest BCUT2D eigenvalue weighted by atomic mass is 9.76. The van der Waals surface area contributed by atoms with E-state index in [-0.39, 0.29) is 17.5 Å². The van der Waals surface area contributed by atoms with Gasteiger partial charge in [0.2, 0.25) is 0 Å². The first-order chi connectivity index (χ1) is 9.84. The Hall–Kier alpha value is -1.10. The molecule has 0 amide bonds. The summed E-state index contributed by atoms with van der Waals surface area (Å²) in [6.07, 6.45) is -0.631. The Labute approximate surface area is 122 Å². The molecule has 2 rings (SSSR count). The molecule has 3 unspecified atom stereocenters. The Kier molecular flexibility index (Phi) is 4.91. The van der Waals surface area contributed by atoms with Crippen LogP contribution in [-0.4, -0.2) is 7.05 Å². The van der Waals surface area contributed by atoms with Gasteiger partial charge in [0.15, 0.2) is 0 Å². The topological polar surface area (TPSA) is 12.0 Å². The number of nitrogens with one attached hydrogen (secondary N) is 1. The van der Waals surface area contributed by atoms with Crippen molar-refractivity contribution >= 4 is 0 Å². The minimum absolute atomic E-state index is 0.131. The highest BCUT2D eigenvalue weighted by molar-refractivity contribution is 5.31. The summed E-state index contributed by atoms with van der Waals surface area (Å²) in [5.41, 5.74) is -1.05. The van der Waals surface area contributed by atoms with Gasteiger partial charge in [-0.25, -0.2) is 4.39 Å². The predicted molar refractivity (Wildman–Crippen MR) is 74.3 cm³/mol. The van der Waals surface area contributed by atoms with Gasteiger partial charge in [0.05, 0.1) is 5.56 Å². The molecular weight excluding hydrogens is 282 g/mol. The third-order valence-electron chi connectivity index (χ3n) is 4.43. The van der Waals surface area contributed by atoms with Gasteiger partial charge in [-0.3, -0.25) is 0 Å². The molecule has 0 heterocycles. The zero-order valence-electron chi connectivity index (χ0n) is 12.3. The number of hydrogen-bond acceptors (Lipinski definition) is 1. The van der Waals surface area contributed by atoms with Crippen molar-refractivity contribution < 1.29 is 17.6 Å². The quantitative estimate of drug-likeness (QED) is 0.781. The van der Waals surface area contributed by atoms with Gasteiger partial charge in [-0.05, 0) is 37.8 Å². The molecule has 1 aliphatic carbocycles. The number of alkyl halides is 3. The summed E-state index contributed by atoms with van der Waals surface area (Å²) < 4.78 is 52.8. The molecule has 5 heteroatoms. The maximum atomic E-state index is 14.3. The van der Waals surface area contributed by atoms with Gasteiger partial charge in [-0.15, -0.1) is 0 Å². The van der Waals surface area contributed by atoms with Crippen LogP contribution in [0, 0.1) is 17.7 Å². The van der Waals surface area contributed by atoms with E-state index in [1.54, 1.807) is 7.05 Å². The minimum atomic E-state index is -4.65. The Morgan fingerprint density at radius 3 is 2.52 bits per heavy atom. The van der Waals surface area contributed by atoms with E-state index in [2.05, 4.69) is 12.2 Å². The maximum Gasteiger partial charge on any atom is 0.419 e. The first kappa shape index (κ1) is 16.3. The molecule has 0 spiro atoms. The van der Waals surface area contributed by atoms with Crippen molar-refractivity contribution in [2.75, 3.05) is 7.05 Å². The molecule has 21 heavy (non-hydrogen) atoms. The Morgan fingerprint density at radius 2 is 1.95 bits per heavy atom. The van der Waals surface area contributed by atoms with Crippen molar-refractivity contribution in [2.24, 2.45) is 11.8 Å².